The van der Waals surface area contributed by atoms with Crippen molar-refractivity contribution in [3.8, 4) is 5.75 Å². The first-order chi connectivity index (χ1) is 9.76. The summed E-state index contributed by atoms with van der Waals surface area (Å²) in [4.78, 5) is 4.74. The number of methoxy groups -OCH3 is 1. The molecule has 0 aliphatic heterocycles. The summed E-state index contributed by atoms with van der Waals surface area (Å²) >= 11 is 0. The van der Waals surface area contributed by atoms with Gasteiger partial charge in [0.15, 0.2) is 0 Å². The fourth-order valence-electron chi connectivity index (χ4n) is 3.06. The van der Waals surface area contributed by atoms with Gasteiger partial charge >= 0.3 is 0 Å². The summed E-state index contributed by atoms with van der Waals surface area (Å²) in [5, 5.41) is 4.75. The molecule has 3 heteroatoms. The number of ether oxygens (including phenoxy) is 1. The molecule has 0 amide bonds. The van der Waals surface area contributed by atoms with Gasteiger partial charge in [0.1, 0.15) is 11.3 Å². The molecule has 0 radical (unpaired) electrons. The first-order valence-corrected chi connectivity index (χ1v) is 7.42. The van der Waals surface area contributed by atoms with E-state index in [1.807, 2.05) is 12.1 Å². The molecule has 20 heavy (non-hydrogen) atoms. The summed E-state index contributed by atoms with van der Waals surface area (Å²) in [5.41, 5.74) is 2.04. The molecular formula is C17H22N2O. The van der Waals surface area contributed by atoms with Gasteiger partial charge in [-0.15, -0.1) is 0 Å². The monoisotopic (exact) mass is 270 g/mol. The van der Waals surface area contributed by atoms with Gasteiger partial charge in [0.05, 0.1) is 12.8 Å². The van der Waals surface area contributed by atoms with Crippen LogP contribution in [0.15, 0.2) is 30.3 Å². The Balaban J connectivity index is 1.75. The van der Waals surface area contributed by atoms with E-state index in [2.05, 4.69) is 30.4 Å². The average Bonchev–Trinajstić information content (AvgIpc) is 2.90. The zero-order valence-electron chi connectivity index (χ0n) is 12.2. The van der Waals surface area contributed by atoms with Gasteiger partial charge in [0.2, 0.25) is 0 Å². The number of rotatable bonds is 4. The van der Waals surface area contributed by atoms with Crippen LogP contribution in [0.3, 0.4) is 0 Å². The Morgan fingerprint density at radius 1 is 1.25 bits per heavy atom. The average molecular weight is 270 g/mol. The second-order valence-electron chi connectivity index (χ2n) is 5.83. The van der Waals surface area contributed by atoms with Gasteiger partial charge in [0, 0.05) is 18.0 Å². The summed E-state index contributed by atoms with van der Waals surface area (Å²) in [6.07, 6.45) is 3.92. The minimum Gasteiger partial charge on any atom is -0.494 e. The molecule has 1 fully saturated rings. The van der Waals surface area contributed by atoms with E-state index in [1.165, 1.54) is 19.3 Å². The van der Waals surface area contributed by atoms with E-state index < -0.39 is 0 Å². The lowest BCUT2D eigenvalue weighted by Crippen LogP contribution is -2.26. The van der Waals surface area contributed by atoms with Crippen molar-refractivity contribution in [3.05, 3.63) is 36.0 Å². The van der Waals surface area contributed by atoms with Crippen LogP contribution < -0.4 is 10.1 Å². The van der Waals surface area contributed by atoms with Crippen LogP contribution in [0.1, 0.15) is 31.9 Å². The number of para-hydroxylation sites is 1. The fraction of sp³-hybridized carbons (Fsp3) is 0.471. The molecule has 3 rings (SSSR count). The Kier molecular flexibility index (Phi) is 3.88. The maximum atomic E-state index is 5.39. The minimum atomic E-state index is 0.653. The van der Waals surface area contributed by atoms with Crippen LogP contribution >= 0.6 is 0 Å². The molecule has 0 bridgehead atoms. The summed E-state index contributed by atoms with van der Waals surface area (Å²) in [6.45, 7) is 3.17. The van der Waals surface area contributed by atoms with Gasteiger partial charge in [0.25, 0.3) is 0 Å². The summed E-state index contributed by atoms with van der Waals surface area (Å²) in [6, 6.07) is 10.9. The van der Waals surface area contributed by atoms with E-state index in [0.29, 0.717) is 6.04 Å². The number of nitrogens with one attached hydrogen (secondary N) is 1. The van der Waals surface area contributed by atoms with E-state index >= 15 is 0 Å². The first kappa shape index (κ1) is 13.4. The number of pyridine rings is 1. The second-order valence-corrected chi connectivity index (χ2v) is 5.83. The van der Waals surface area contributed by atoms with E-state index in [1.54, 1.807) is 7.11 Å². The molecule has 2 atom stereocenters. The van der Waals surface area contributed by atoms with Gasteiger partial charge in [-0.1, -0.05) is 25.1 Å². The van der Waals surface area contributed by atoms with Crippen molar-refractivity contribution in [2.24, 2.45) is 5.92 Å². The zero-order chi connectivity index (χ0) is 13.9. The minimum absolute atomic E-state index is 0.653. The number of hydrogen-bond acceptors (Lipinski definition) is 3. The quantitative estimate of drug-likeness (QED) is 0.923. The topological polar surface area (TPSA) is 34.1 Å². The van der Waals surface area contributed by atoms with Crippen LogP contribution in [0.5, 0.6) is 5.75 Å². The number of fused-ring (bicyclic) bond motifs is 1. The van der Waals surface area contributed by atoms with Gasteiger partial charge in [-0.2, -0.15) is 0 Å². The Bertz CT molecular complexity index is 597. The summed E-state index contributed by atoms with van der Waals surface area (Å²) < 4.78 is 5.39. The lowest BCUT2D eigenvalue weighted by molar-refractivity contribution is 0.418. The molecule has 0 saturated heterocycles. The highest BCUT2D eigenvalue weighted by Crippen LogP contribution is 2.26. The van der Waals surface area contributed by atoms with Crippen molar-refractivity contribution in [1.82, 2.24) is 10.3 Å². The van der Waals surface area contributed by atoms with E-state index in [-0.39, 0.29) is 0 Å². The number of nitrogens with zero attached hydrogens (tertiary/aromatic N) is 1. The molecule has 2 unspecified atom stereocenters. The standard InChI is InChI=1S/C17H22N2O/c1-12-6-8-14(10-12)18-11-15-9-7-13-4-3-5-16(20-2)17(13)19-15/h3-5,7,9,12,14,18H,6,8,10-11H2,1-2H3. The van der Waals surface area contributed by atoms with Crippen LogP contribution in [0.25, 0.3) is 10.9 Å². The lowest BCUT2D eigenvalue weighted by Gasteiger charge is -2.12. The van der Waals surface area contributed by atoms with E-state index in [0.717, 1.165) is 34.8 Å². The van der Waals surface area contributed by atoms with Gasteiger partial charge < -0.3 is 10.1 Å². The lowest BCUT2D eigenvalue weighted by atomic mass is 10.1. The van der Waals surface area contributed by atoms with Crippen molar-refractivity contribution in [3.63, 3.8) is 0 Å². The predicted octanol–water partition coefficient (Wildman–Crippen LogP) is 3.52. The Morgan fingerprint density at radius 2 is 2.15 bits per heavy atom. The molecule has 1 aromatic heterocycles. The third kappa shape index (κ3) is 2.78. The molecule has 1 N–H and O–H groups in total. The maximum Gasteiger partial charge on any atom is 0.145 e. The van der Waals surface area contributed by atoms with Crippen molar-refractivity contribution >= 4 is 10.9 Å². The number of aromatic nitrogens is 1. The van der Waals surface area contributed by atoms with Crippen LogP contribution in [0.4, 0.5) is 0 Å². The third-order valence-corrected chi connectivity index (χ3v) is 4.23. The highest BCUT2D eigenvalue weighted by molar-refractivity contribution is 5.84. The predicted molar refractivity (Wildman–Crippen MR) is 81.9 cm³/mol. The van der Waals surface area contributed by atoms with Crippen LogP contribution in [-0.2, 0) is 6.54 Å². The molecule has 1 aliphatic carbocycles. The molecule has 1 aliphatic rings. The Hall–Kier alpha value is -1.61. The fourth-order valence-corrected chi connectivity index (χ4v) is 3.06. The molecule has 1 heterocycles. The smallest absolute Gasteiger partial charge is 0.145 e. The molecule has 2 aromatic rings. The van der Waals surface area contributed by atoms with Crippen molar-refractivity contribution in [2.75, 3.05) is 7.11 Å². The normalized spacial score (nSPS) is 22.3. The van der Waals surface area contributed by atoms with E-state index in [9.17, 15) is 0 Å². The zero-order valence-corrected chi connectivity index (χ0v) is 12.2. The number of benzene rings is 1. The van der Waals surface area contributed by atoms with Gasteiger partial charge in [-0.3, -0.25) is 0 Å². The van der Waals surface area contributed by atoms with Crippen LogP contribution in [0, 0.1) is 5.92 Å². The first-order valence-electron chi connectivity index (χ1n) is 7.42. The largest absolute Gasteiger partial charge is 0.494 e. The SMILES string of the molecule is COc1cccc2ccc(CNC3CCC(C)C3)nc12. The summed E-state index contributed by atoms with van der Waals surface area (Å²) in [5.74, 6) is 1.70. The van der Waals surface area contributed by atoms with Crippen LogP contribution in [0.2, 0.25) is 0 Å². The van der Waals surface area contributed by atoms with Crippen molar-refractivity contribution in [2.45, 2.75) is 38.8 Å². The van der Waals surface area contributed by atoms with Crippen molar-refractivity contribution in [1.29, 1.82) is 0 Å². The molecule has 1 saturated carbocycles. The van der Waals surface area contributed by atoms with E-state index in [4.69, 9.17) is 9.72 Å². The van der Waals surface area contributed by atoms with Crippen molar-refractivity contribution < 1.29 is 4.74 Å². The maximum absolute atomic E-state index is 5.39. The Morgan fingerprint density at radius 3 is 2.90 bits per heavy atom. The van der Waals surface area contributed by atoms with Crippen LogP contribution in [-0.4, -0.2) is 18.1 Å². The molecule has 3 nitrogen and oxygen atoms in total. The molecule has 0 spiro atoms. The third-order valence-electron chi connectivity index (χ3n) is 4.23. The van der Waals surface area contributed by atoms with Gasteiger partial charge in [-0.05, 0) is 37.3 Å². The van der Waals surface area contributed by atoms with Gasteiger partial charge in [-0.25, -0.2) is 4.98 Å². The summed E-state index contributed by atoms with van der Waals surface area (Å²) in [7, 11) is 1.70. The molecule has 106 valence electrons. The highest BCUT2D eigenvalue weighted by atomic mass is 16.5. The molecule has 1 aromatic carbocycles. The second kappa shape index (κ2) is 5.80. The Labute approximate surface area is 120 Å². The highest BCUT2D eigenvalue weighted by Gasteiger charge is 2.20. The molecular weight excluding hydrogens is 248 g/mol. The number of hydrogen-bond donors (Lipinski definition) is 1.